The van der Waals surface area contributed by atoms with Crippen LogP contribution in [0.15, 0.2) is 30.6 Å². The van der Waals surface area contributed by atoms with Crippen LogP contribution in [0.25, 0.3) is 16.6 Å². The Morgan fingerprint density at radius 1 is 1.20 bits per heavy atom. The smallest absolute Gasteiger partial charge is 0.156 e. The molecule has 2 aromatic rings. The topological polar surface area (TPSA) is 66.6 Å². The van der Waals surface area contributed by atoms with Crippen molar-refractivity contribution in [2.45, 2.75) is 19.8 Å². The number of nitriles is 1. The standard InChI is InChI=1S/C16H13N3O/c1-10-6-12(8-13(20)7-10)14-3-2-11(9-17)15-16(14)19-5-4-18-15/h2-5,8,10H,6-7H2,1H3/t10-/m0/s1. The molecule has 0 saturated carbocycles. The maximum Gasteiger partial charge on any atom is 0.156 e. The number of allylic oxidation sites excluding steroid dienone is 2. The predicted molar refractivity (Wildman–Crippen MR) is 75.6 cm³/mol. The predicted octanol–water partition coefficient (Wildman–Crippen LogP) is 2.88. The molecule has 1 aliphatic rings. The highest BCUT2D eigenvalue weighted by Gasteiger charge is 2.20. The summed E-state index contributed by atoms with van der Waals surface area (Å²) < 4.78 is 0. The third-order valence-corrected chi connectivity index (χ3v) is 3.54. The van der Waals surface area contributed by atoms with E-state index in [1.54, 1.807) is 24.5 Å². The number of carbonyl (C=O) groups is 1. The Balaban J connectivity index is 2.23. The minimum atomic E-state index is 0.153. The molecule has 4 heteroatoms. The van der Waals surface area contributed by atoms with Crippen molar-refractivity contribution in [2.24, 2.45) is 5.92 Å². The molecule has 1 aromatic heterocycles. The molecule has 1 aliphatic carbocycles. The summed E-state index contributed by atoms with van der Waals surface area (Å²) in [5, 5.41) is 9.13. The van der Waals surface area contributed by atoms with Crippen molar-refractivity contribution < 1.29 is 4.79 Å². The summed E-state index contributed by atoms with van der Waals surface area (Å²) in [6.45, 7) is 2.07. The highest BCUT2D eigenvalue weighted by molar-refractivity contribution is 6.02. The van der Waals surface area contributed by atoms with Crippen molar-refractivity contribution in [3.8, 4) is 6.07 Å². The quantitative estimate of drug-likeness (QED) is 0.793. The minimum Gasteiger partial charge on any atom is -0.295 e. The maximum absolute atomic E-state index is 11.8. The summed E-state index contributed by atoms with van der Waals surface area (Å²) in [6.07, 6.45) is 6.35. The second kappa shape index (κ2) is 4.86. The normalized spacial score (nSPS) is 18.7. The largest absolute Gasteiger partial charge is 0.295 e. The number of hydrogen-bond acceptors (Lipinski definition) is 4. The molecule has 1 heterocycles. The van der Waals surface area contributed by atoms with Gasteiger partial charge in [0.15, 0.2) is 5.78 Å². The lowest BCUT2D eigenvalue weighted by Crippen LogP contribution is -2.11. The summed E-state index contributed by atoms with van der Waals surface area (Å²) in [7, 11) is 0. The number of aromatic nitrogens is 2. The van der Waals surface area contributed by atoms with Crippen LogP contribution in [0.3, 0.4) is 0 Å². The van der Waals surface area contributed by atoms with Crippen molar-refractivity contribution >= 4 is 22.4 Å². The van der Waals surface area contributed by atoms with Crippen LogP contribution in [0.2, 0.25) is 0 Å². The average molecular weight is 263 g/mol. The van der Waals surface area contributed by atoms with Gasteiger partial charge >= 0.3 is 0 Å². The lowest BCUT2D eigenvalue weighted by atomic mass is 9.85. The van der Waals surface area contributed by atoms with Crippen LogP contribution in [0, 0.1) is 17.2 Å². The zero-order valence-corrected chi connectivity index (χ0v) is 11.1. The lowest BCUT2D eigenvalue weighted by molar-refractivity contribution is -0.115. The molecular formula is C16H13N3O. The van der Waals surface area contributed by atoms with E-state index < -0.39 is 0 Å². The van der Waals surface area contributed by atoms with Gasteiger partial charge in [-0.25, -0.2) is 0 Å². The molecule has 0 spiro atoms. The number of hydrogen-bond donors (Lipinski definition) is 0. The summed E-state index contributed by atoms with van der Waals surface area (Å²) in [5.74, 6) is 0.491. The summed E-state index contributed by atoms with van der Waals surface area (Å²) in [4.78, 5) is 20.3. The number of carbonyl (C=O) groups excluding carboxylic acids is 1. The van der Waals surface area contributed by atoms with Crippen molar-refractivity contribution in [3.05, 3.63) is 41.7 Å². The highest BCUT2D eigenvalue weighted by atomic mass is 16.1. The Kier molecular flexibility index (Phi) is 3.03. The molecule has 4 nitrogen and oxygen atoms in total. The van der Waals surface area contributed by atoms with Gasteiger partial charge in [0.05, 0.1) is 11.1 Å². The van der Waals surface area contributed by atoms with E-state index in [4.69, 9.17) is 5.26 Å². The molecule has 0 amide bonds. The fourth-order valence-corrected chi connectivity index (χ4v) is 2.70. The third-order valence-electron chi connectivity index (χ3n) is 3.54. The van der Waals surface area contributed by atoms with E-state index in [1.807, 2.05) is 6.07 Å². The first kappa shape index (κ1) is 12.5. The van der Waals surface area contributed by atoms with Gasteiger partial charge in [-0.3, -0.25) is 14.8 Å². The van der Waals surface area contributed by atoms with E-state index in [0.717, 1.165) is 17.6 Å². The summed E-state index contributed by atoms with van der Waals surface area (Å²) in [5.41, 5.74) is 3.70. The Labute approximate surface area is 116 Å². The first-order valence-corrected chi connectivity index (χ1v) is 6.56. The first-order chi connectivity index (χ1) is 9.69. The van der Waals surface area contributed by atoms with Crippen LogP contribution >= 0.6 is 0 Å². The molecule has 0 aliphatic heterocycles. The number of fused-ring (bicyclic) bond motifs is 1. The lowest BCUT2D eigenvalue weighted by Gasteiger charge is -2.19. The zero-order valence-electron chi connectivity index (χ0n) is 11.1. The van der Waals surface area contributed by atoms with Crippen LogP contribution < -0.4 is 0 Å². The van der Waals surface area contributed by atoms with E-state index in [2.05, 4.69) is 23.0 Å². The Bertz CT molecular complexity index is 771. The van der Waals surface area contributed by atoms with Crippen molar-refractivity contribution in [2.75, 3.05) is 0 Å². The number of benzene rings is 1. The van der Waals surface area contributed by atoms with Crippen LogP contribution in [0.5, 0.6) is 0 Å². The molecule has 0 saturated heterocycles. The molecular weight excluding hydrogens is 250 g/mol. The van der Waals surface area contributed by atoms with E-state index in [1.165, 1.54) is 0 Å². The SMILES string of the molecule is C[C@@H]1CC(=O)C=C(c2ccc(C#N)c3nccnc23)C1. The average Bonchev–Trinajstić information content (AvgIpc) is 2.45. The number of nitrogens with zero attached hydrogens (tertiary/aromatic N) is 3. The van der Waals surface area contributed by atoms with Gasteiger partial charge in [-0.15, -0.1) is 0 Å². The van der Waals surface area contributed by atoms with Gasteiger partial charge in [0.1, 0.15) is 11.6 Å². The van der Waals surface area contributed by atoms with E-state index in [-0.39, 0.29) is 5.78 Å². The minimum absolute atomic E-state index is 0.153. The highest BCUT2D eigenvalue weighted by Crippen LogP contribution is 2.32. The molecule has 98 valence electrons. The Hall–Kier alpha value is -2.54. The van der Waals surface area contributed by atoms with Crippen molar-refractivity contribution in [3.63, 3.8) is 0 Å². The van der Waals surface area contributed by atoms with Gasteiger partial charge in [-0.05, 0) is 30.1 Å². The van der Waals surface area contributed by atoms with Gasteiger partial charge in [0.25, 0.3) is 0 Å². The van der Waals surface area contributed by atoms with Crippen LogP contribution in [0.1, 0.15) is 30.9 Å². The van der Waals surface area contributed by atoms with E-state index in [0.29, 0.717) is 28.9 Å². The van der Waals surface area contributed by atoms with Crippen molar-refractivity contribution in [1.29, 1.82) is 5.26 Å². The van der Waals surface area contributed by atoms with E-state index in [9.17, 15) is 4.79 Å². The molecule has 0 unspecified atom stereocenters. The van der Waals surface area contributed by atoms with Crippen LogP contribution in [-0.4, -0.2) is 15.8 Å². The third kappa shape index (κ3) is 2.08. The first-order valence-electron chi connectivity index (χ1n) is 6.56. The van der Waals surface area contributed by atoms with Gasteiger partial charge in [-0.1, -0.05) is 13.0 Å². The molecule has 0 bridgehead atoms. The second-order valence-corrected chi connectivity index (χ2v) is 5.18. The van der Waals surface area contributed by atoms with Gasteiger partial charge < -0.3 is 0 Å². The summed E-state index contributed by atoms with van der Waals surface area (Å²) >= 11 is 0. The molecule has 0 fully saturated rings. The second-order valence-electron chi connectivity index (χ2n) is 5.18. The Morgan fingerprint density at radius 3 is 2.65 bits per heavy atom. The zero-order chi connectivity index (χ0) is 14.1. The monoisotopic (exact) mass is 263 g/mol. The summed E-state index contributed by atoms with van der Waals surface area (Å²) in [6, 6.07) is 5.74. The van der Waals surface area contributed by atoms with Crippen molar-refractivity contribution in [1.82, 2.24) is 9.97 Å². The fraction of sp³-hybridized carbons (Fsp3) is 0.250. The number of rotatable bonds is 1. The van der Waals surface area contributed by atoms with E-state index >= 15 is 0 Å². The molecule has 1 aromatic carbocycles. The number of ketones is 1. The van der Waals surface area contributed by atoms with Gasteiger partial charge in [0.2, 0.25) is 0 Å². The van der Waals surface area contributed by atoms with Crippen LogP contribution in [0.4, 0.5) is 0 Å². The molecule has 0 N–H and O–H groups in total. The van der Waals surface area contributed by atoms with Gasteiger partial charge in [-0.2, -0.15) is 5.26 Å². The molecule has 3 rings (SSSR count). The maximum atomic E-state index is 11.8. The molecule has 0 radical (unpaired) electrons. The fourth-order valence-electron chi connectivity index (χ4n) is 2.70. The molecule has 1 atom stereocenters. The van der Waals surface area contributed by atoms with Gasteiger partial charge in [0, 0.05) is 24.4 Å². The Morgan fingerprint density at radius 2 is 1.95 bits per heavy atom. The molecule has 20 heavy (non-hydrogen) atoms. The van der Waals surface area contributed by atoms with Crippen LogP contribution in [-0.2, 0) is 4.79 Å².